The maximum atomic E-state index is 12.5. The van der Waals surface area contributed by atoms with Gasteiger partial charge in [0.15, 0.2) is 11.5 Å². The van der Waals surface area contributed by atoms with Gasteiger partial charge in [-0.1, -0.05) is 23.7 Å². The second kappa shape index (κ2) is 9.15. The molecule has 0 unspecified atom stereocenters. The smallest absolute Gasteiger partial charge is 0.343 e. The van der Waals surface area contributed by atoms with E-state index in [9.17, 15) is 4.79 Å². The van der Waals surface area contributed by atoms with Crippen LogP contribution in [-0.4, -0.2) is 41.3 Å². The third-order valence-corrected chi connectivity index (χ3v) is 5.00. The summed E-state index contributed by atoms with van der Waals surface area (Å²) >= 11 is 6.24. The molecule has 0 fully saturated rings. The summed E-state index contributed by atoms with van der Waals surface area (Å²) in [4.78, 5) is 21.5. The van der Waals surface area contributed by atoms with Crippen LogP contribution in [0.15, 0.2) is 54.9 Å². The van der Waals surface area contributed by atoms with E-state index >= 15 is 0 Å². The van der Waals surface area contributed by atoms with Gasteiger partial charge in [-0.05, 0) is 31.2 Å². The Hall–Kier alpha value is -3.78. The van der Waals surface area contributed by atoms with Gasteiger partial charge >= 0.3 is 5.97 Å². The van der Waals surface area contributed by atoms with Gasteiger partial charge in [0.1, 0.15) is 23.5 Å². The molecule has 0 saturated heterocycles. The van der Waals surface area contributed by atoms with Crippen LogP contribution in [-0.2, 0) is 4.74 Å². The summed E-state index contributed by atoms with van der Waals surface area (Å²) in [5.74, 6) is 1.49. The molecule has 164 valence electrons. The van der Waals surface area contributed by atoms with Crippen LogP contribution in [0.1, 0.15) is 17.3 Å². The molecule has 2 heterocycles. The van der Waals surface area contributed by atoms with Crippen molar-refractivity contribution in [1.82, 2.24) is 14.5 Å². The summed E-state index contributed by atoms with van der Waals surface area (Å²) in [5.41, 5.74) is 1.61. The van der Waals surface area contributed by atoms with E-state index in [2.05, 4.69) is 9.97 Å². The number of para-hydroxylation sites is 1. The minimum Gasteiger partial charge on any atom is -0.493 e. The molecule has 0 bridgehead atoms. The van der Waals surface area contributed by atoms with Crippen molar-refractivity contribution in [2.24, 2.45) is 0 Å². The zero-order valence-electron chi connectivity index (χ0n) is 17.7. The van der Waals surface area contributed by atoms with Crippen LogP contribution in [0.4, 0.5) is 0 Å². The molecule has 9 heteroatoms. The molecule has 0 amide bonds. The van der Waals surface area contributed by atoms with Crippen molar-refractivity contribution in [2.75, 3.05) is 20.8 Å². The standard InChI is InChI=1S/C23H20ClN3O5/c1-4-31-23(28)14-9-10-21(26-22(14)32-18-8-6-5-7-15(18)24)27-13-25-16-11-19(29-2)20(30-3)12-17(16)27/h5-13H,4H2,1-3H3. The van der Waals surface area contributed by atoms with E-state index in [0.29, 0.717) is 33.6 Å². The first-order chi connectivity index (χ1) is 15.5. The minimum atomic E-state index is -0.546. The fourth-order valence-electron chi connectivity index (χ4n) is 3.16. The minimum absolute atomic E-state index is 0.0661. The highest BCUT2D eigenvalue weighted by Gasteiger charge is 2.20. The van der Waals surface area contributed by atoms with E-state index in [4.69, 9.17) is 30.5 Å². The van der Waals surface area contributed by atoms with Crippen molar-refractivity contribution >= 4 is 28.6 Å². The third kappa shape index (κ3) is 4.04. The van der Waals surface area contributed by atoms with Crippen LogP contribution in [0.5, 0.6) is 23.1 Å². The van der Waals surface area contributed by atoms with Crippen molar-refractivity contribution < 1.29 is 23.7 Å². The SMILES string of the molecule is CCOC(=O)c1ccc(-n2cnc3cc(OC)c(OC)cc32)nc1Oc1ccccc1Cl. The molecule has 32 heavy (non-hydrogen) atoms. The van der Waals surface area contributed by atoms with Crippen LogP contribution in [0.25, 0.3) is 16.9 Å². The van der Waals surface area contributed by atoms with Gasteiger partial charge in [0.05, 0.1) is 36.9 Å². The molecular formula is C23H20ClN3O5. The number of benzene rings is 2. The lowest BCUT2D eigenvalue weighted by atomic mass is 10.2. The maximum absolute atomic E-state index is 12.5. The number of imidazole rings is 1. The van der Waals surface area contributed by atoms with Gasteiger partial charge in [0.25, 0.3) is 0 Å². The molecule has 0 radical (unpaired) electrons. The van der Waals surface area contributed by atoms with Gasteiger partial charge in [0, 0.05) is 12.1 Å². The van der Waals surface area contributed by atoms with Crippen LogP contribution < -0.4 is 14.2 Å². The van der Waals surface area contributed by atoms with Gasteiger partial charge in [-0.3, -0.25) is 4.57 Å². The normalized spacial score (nSPS) is 10.8. The molecule has 0 aliphatic rings. The lowest BCUT2D eigenvalue weighted by Gasteiger charge is -2.13. The largest absolute Gasteiger partial charge is 0.493 e. The summed E-state index contributed by atoms with van der Waals surface area (Å²) in [6, 6.07) is 13.8. The molecule has 2 aromatic carbocycles. The average molecular weight is 454 g/mol. The topological polar surface area (TPSA) is 84.7 Å². The number of methoxy groups -OCH3 is 2. The highest BCUT2D eigenvalue weighted by molar-refractivity contribution is 6.32. The lowest BCUT2D eigenvalue weighted by molar-refractivity contribution is 0.0522. The van der Waals surface area contributed by atoms with Gasteiger partial charge in [0.2, 0.25) is 5.88 Å². The molecule has 0 atom stereocenters. The predicted octanol–water partition coefficient (Wildman–Crippen LogP) is 5.06. The zero-order chi connectivity index (χ0) is 22.7. The van der Waals surface area contributed by atoms with E-state index in [1.165, 1.54) is 0 Å². The van der Waals surface area contributed by atoms with E-state index in [1.54, 1.807) is 80.6 Å². The van der Waals surface area contributed by atoms with E-state index < -0.39 is 5.97 Å². The molecule has 8 nitrogen and oxygen atoms in total. The summed E-state index contributed by atoms with van der Waals surface area (Å²) in [6.45, 7) is 1.95. The number of pyridine rings is 1. The lowest BCUT2D eigenvalue weighted by Crippen LogP contribution is -2.09. The van der Waals surface area contributed by atoms with Gasteiger partial charge in [-0.2, -0.15) is 4.98 Å². The number of hydrogen-bond acceptors (Lipinski definition) is 7. The molecule has 0 spiro atoms. The van der Waals surface area contributed by atoms with Crippen molar-refractivity contribution in [1.29, 1.82) is 0 Å². The highest BCUT2D eigenvalue weighted by atomic mass is 35.5. The number of aromatic nitrogens is 3. The van der Waals surface area contributed by atoms with E-state index in [0.717, 1.165) is 5.52 Å². The Morgan fingerprint density at radius 1 is 1.03 bits per heavy atom. The number of carbonyl (C=O) groups excluding carboxylic acids is 1. The number of ether oxygens (including phenoxy) is 4. The van der Waals surface area contributed by atoms with Crippen molar-refractivity contribution in [3.8, 4) is 28.9 Å². The Labute approximate surface area is 189 Å². The Morgan fingerprint density at radius 2 is 1.78 bits per heavy atom. The quantitative estimate of drug-likeness (QED) is 0.361. The fourth-order valence-corrected chi connectivity index (χ4v) is 3.33. The average Bonchev–Trinajstić information content (AvgIpc) is 3.22. The Kier molecular flexibility index (Phi) is 6.13. The molecule has 4 rings (SSSR count). The molecule has 4 aromatic rings. The van der Waals surface area contributed by atoms with Crippen molar-refractivity contribution in [2.45, 2.75) is 6.92 Å². The van der Waals surface area contributed by atoms with Crippen LogP contribution >= 0.6 is 11.6 Å². The first kappa shape index (κ1) is 21.5. The third-order valence-electron chi connectivity index (χ3n) is 4.68. The summed E-state index contributed by atoms with van der Waals surface area (Å²) in [5, 5.41) is 0.388. The second-order valence-corrected chi connectivity index (χ2v) is 6.99. The second-order valence-electron chi connectivity index (χ2n) is 6.59. The summed E-state index contributed by atoms with van der Waals surface area (Å²) in [6.07, 6.45) is 1.62. The van der Waals surface area contributed by atoms with E-state index in [1.807, 2.05) is 0 Å². The number of esters is 1. The maximum Gasteiger partial charge on any atom is 0.343 e. The van der Waals surface area contributed by atoms with Crippen LogP contribution in [0.3, 0.4) is 0 Å². The fraction of sp³-hybridized carbons (Fsp3) is 0.174. The van der Waals surface area contributed by atoms with Crippen LogP contribution in [0, 0.1) is 0 Å². The zero-order valence-corrected chi connectivity index (χ0v) is 18.4. The molecule has 2 aromatic heterocycles. The molecule has 0 saturated carbocycles. The van der Waals surface area contributed by atoms with E-state index in [-0.39, 0.29) is 18.1 Å². The number of carbonyl (C=O) groups is 1. The number of halogens is 1. The number of nitrogens with zero attached hydrogens (tertiary/aromatic N) is 3. The number of hydrogen-bond donors (Lipinski definition) is 0. The summed E-state index contributed by atoms with van der Waals surface area (Å²) < 4.78 is 23.6. The number of fused-ring (bicyclic) bond motifs is 1. The van der Waals surface area contributed by atoms with Gasteiger partial charge in [-0.25, -0.2) is 9.78 Å². The Morgan fingerprint density at radius 3 is 2.50 bits per heavy atom. The molecule has 0 aliphatic heterocycles. The number of rotatable bonds is 7. The summed E-state index contributed by atoms with van der Waals surface area (Å²) in [7, 11) is 3.13. The Balaban J connectivity index is 1.83. The first-order valence-electron chi connectivity index (χ1n) is 9.75. The molecular weight excluding hydrogens is 434 g/mol. The predicted molar refractivity (Wildman–Crippen MR) is 119 cm³/mol. The van der Waals surface area contributed by atoms with Gasteiger partial charge in [-0.15, -0.1) is 0 Å². The van der Waals surface area contributed by atoms with Crippen molar-refractivity contribution in [3.63, 3.8) is 0 Å². The molecule has 0 N–H and O–H groups in total. The molecule has 0 aliphatic carbocycles. The first-order valence-corrected chi connectivity index (χ1v) is 10.1. The monoisotopic (exact) mass is 453 g/mol. The highest BCUT2D eigenvalue weighted by Crippen LogP contribution is 2.34. The Bertz CT molecular complexity index is 1290. The van der Waals surface area contributed by atoms with Crippen molar-refractivity contribution in [3.05, 3.63) is 65.4 Å². The van der Waals surface area contributed by atoms with Crippen LogP contribution in [0.2, 0.25) is 5.02 Å². The van der Waals surface area contributed by atoms with Gasteiger partial charge < -0.3 is 18.9 Å².